The van der Waals surface area contributed by atoms with Gasteiger partial charge in [0.15, 0.2) is 5.78 Å². The lowest BCUT2D eigenvalue weighted by atomic mass is 9.57. The van der Waals surface area contributed by atoms with E-state index in [2.05, 4.69) is 31.2 Å². The third kappa shape index (κ3) is 2.08. The van der Waals surface area contributed by atoms with Gasteiger partial charge in [0, 0.05) is 42.6 Å². The second-order valence-corrected chi connectivity index (χ2v) is 7.08. The molecule has 7 atom stereocenters. The summed E-state index contributed by atoms with van der Waals surface area (Å²) in [5.74, 6) is 1.87. The van der Waals surface area contributed by atoms with Crippen molar-refractivity contribution in [3.8, 4) is 0 Å². The minimum absolute atomic E-state index is 0.000793. The number of hydrogen-bond donors (Lipinski definition) is 0. The summed E-state index contributed by atoms with van der Waals surface area (Å²) in [6, 6.07) is 0.218. The molecule has 1 heterocycles. The van der Waals surface area contributed by atoms with Gasteiger partial charge in [-0.05, 0) is 12.3 Å². The molecule has 4 aliphatic rings. The molecule has 0 N–H and O–H groups in total. The van der Waals surface area contributed by atoms with E-state index in [0.29, 0.717) is 17.6 Å². The van der Waals surface area contributed by atoms with E-state index >= 15 is 0 Å². The van der Waals surface area contributed by atoms with Crippen molar-refractivity contribution >= 4 is 11.5 Å². The summed E-state index contributed by atoms with van der Waals surface area (Å²) in [7, 11) is 3.33. The Morgan fingerprint density at radius 3 is 2.70 bits per heavy atom. The van der Waals surface area contributed by atoms with Crippen molar-refractivity contribution < 1.29 is 14.3 Å². The van der Waals surface area contributed by atoms with Crippen molar-refractivity contribution in [2.24, 2.45) is 34.6 Å². The van der Waals surface area contributed by atoms with E-state index < -0.39 is 0 Å². The molecule has 0 spiro atoms. The first-order valence-corrected chi connectivity index (χ1v) is 8.39. The minimum atomic E-state index is -0.168. The molecule has 0 aromatic heterocycles. The van der Waals surface area contributed by atoms with E-state index in [4.69, 9.17) is 14.5 Å². The van der Waals surface area contributed by atoms with Crippen molar-refractivity contribution in [3.63, 3.8) is 0 Å². The monoisotopic (exact) mass is 313 g/mol. The van der Waals surface area contributed by atoms with E-state index in [9.17, 15) is 4.79 Å². The quantitative estimate of drug-likeness (QED) is 0.787. The van der Waals surface area contributed by atoms with Crippen molar-refractivity contribution in [3.05, 3.63) is 36.1 Å². The lowest BCUT2D eigenvalue weighted by Gasteiger charge is -2.47. The Morgan fingerprint density at radius 1 is 1.17 bits per heavy atom. The number of fused-ring (bicyclic) bond motifs is 5. The Hall–Kier alpha value is -1.68. The molecular weight excluding hydrogens is 290 g/mol. The van der Waals surface area contributed by atoms with Gasteiger partial charge in [0.2, 0.25) is 0 Å². The standard InChI is InChI=1S/C19H23NO3/c1-10-8-13-17(11-6-4-5-7-12(11)20-13)18-16(10)14(21)9-15(22-2)19(18)23-3/h4-7,9-12,16-19H,8H2,1-3H3. The zero-order chi connectivity index (χ0) is 16.1. The van der Waals surface area contributed by atoms with Gasteiger partial charge >= 0.3 is 0 Å². The van der Waals surface area contributed by atoms with Crippen LogP contribution in [-0.4, -0.2) is 37.9 Å². The van der Waals surface area contributed by atoms with Gasteiger partial charge < -0.3 is 9.47 Å². The molecule has 1 saturated carbocycles. The van der Waals surface area contributed by atoms with Crippen LogP contribution >= 0.6 is 0 Å². The Labute approximate surface area is 137 Å². The molecule has 0 aromatic rings. The third-order valence-electron chi connectivity index (χ3n) is 5.97. The highest BCUT2D eigenvalue weighted by atomic mass is 16.5. The number of aliphatic imine (C=N–C) groups is 1. The average molecular weight is 313 g/mol. The minimum Gasteiger partial charge on any atom is -0.498 e. The van der Waals surface area contributed by atoms with Gasteiger partial charge in [0.1, 0.15) is 11.9 Å². The number of allylic oxidation sites excluding steroid dienone is 3. The summed E-state index contributed by atoms with van der Waals surface area (Å²) in [6.45, 7) is 2.17. The van der Waals surface area contributed by atoms with Gasteiger partial charge in [0.25, 0.3) is 0 Å². The summed E-state index contributed by atoms with van der Waals surface area (Å²) < 4.78 is 11.3. The van der Waals surface area contributed by atoms with Crippen molar-refractivity contribution in [1.29, 1.82) is 0 Å². The summed E-state index contributed by atoms with van der Waals surface area (Å²) in [6.07, 6.45) is 11.0. The number of ether oxygens (including phenoxy) is 2. The van der Waals surface area contributed by atoms with E-state index in [0.717, 1.165) is 6.42 Å². The van der Waals surface area contributed by atoms with E-state index in [-0.39, 0.29) is 35.7 Å². The topological polar surface area (TPSA) is 47.9 Å². The van der Waals surface area contributed by atoms with Crippen LogP contribution in [0.3, 0.4) is 0 Å². The Morgan fingerprint density at radius 2 is 1.96 bits per heavy atom. The summed E-state index contributed by atoms with van der Waals surface area (Å²) in [5, 5.41) is 0. The van der Waals surface area contributed by atoms with Crippen LogP contribution in [0.1, 0.15) is 13.3 Å². The van der Waals surface area contributed by atoms with Gasteiger partial charge in [-0.1, -0.05) is 31.2 Å². The first kappa shape index (κ1) is 14.9. The van der Waals surface area contributed by atoms with Crippen LogP contribution in [-0.2, 0) is 14.3 Å². The SMILES string of the molecule is COC1=CC(=O)C2C(C)CC3=NC4C=CC=CC4C3C2C1OC. The molecule has 4 nitrogen and oxygen atoms in total. The van der Waals surface area contributed by atoms with Crippen LogP contribution in [0, 0.1) is 29.6 Å². The normalized spacial score (nSPS) is 44.1. The fraction of sp³-hybridized carbons (Fsp3) is 0.579. The van der Waals surface area contributed by atoms with Gasteiger partial charge in [-0.2, -0.15) is 0 Å². The summed E-state index contributed by atoms with van der Waals surface area (Å²) in [4.78, 5) is 17.7. The number of carbonyl (C=O) groups excluding carboxylic acids is 1. The molecule has 0 radical (unpaired) electrons. The molecule has 23 heavy (non-hydrogen) atoms. The molecule has 4 rings (SSSR count). The average Bonchev–Trinajstić information content (AvgIpc) is 2.91. The second-order valence-electron chi connectivity index (χ2n) is 7.08. The molecule has 1 fully saturated rings. The maximum absolute atomic E-state index is 12.7. The number of hydrogen-bond acceptors (Lipinski definition) is 4. The fourth-order valence-corrected chi connectivity index (χ4v) is 5.10. The van der Waals surface area contributed by atoms with Crippen molar-refractivity contribution in [2.45, 2.75) is 25.5 Å². The van der Waals surface area contributed by atoms with Crippen molar-refractivity contribution in [2.75, 3.05) is 14.2 Å². The number of ketones is 1. The van der Waals surface area contributed by atoms with Crippen molar-refractivity contribution in [1.82, 2.24) is 0 Å². The lowest BCUT2D eigenvalue weighted by Crippen LogP contribution is -2.52. The maximum atomic E-state index is 12.7. The van der Waals surface area contributed by atoms with Gasteiger partial charge in [-0.3, -0.25) is 9.79 Å². The molecule has 0 saturated heterocycles. The zero-order valence-electron chi connectivity index (χ0n) is 13.8. The number of rotatable bonds is 2. The molecule has 7 unspecified atom stereocenters. The third-order valence-corrected chi connectivity index (χ3v) is 5.97. The molecule has 0 aromatic carbocycles. The van der Waals surface area contributed by atoms with E-state index in [1.165, 1.54) is 5.71 Å². The maximum Gasteiger partial charge on any atom is 0.162 e. The number of carbonyl (C=O) groups is 1. The summed E-state index contributed by atoms with van der Waals surface area (Å²) in [5.41, 5.74) is 1.26. The first-order chi connectivity index (χ1) is 11.2. The zero-order valence-corrected chi connectivity index (χ0v) is 13.8. The second kappa shape index (κ2) is 5.45. The van der Waals surface area contributed by atoms with Crippen LogP contribution in [0.15, 0.2) is 41.1 Å². The predicted molar refractivity (Wildman–Crippen MR) is 88.1 cm³/mol. The highest BCUT2D eigenvalue weighted by Gasteiger charge is 2.56. The molecular formula is C19H23NO3. The molecule has 1 aliphatic heterocycles. The first-order valence-electron chi connectivity index (χ1n) is 8.39. The Balaban J connectivity index is 1.80. The molecule has 0 amide bonds. The molecule has 122 valence electrons. The Bertz CT molecular complexity index is 645. The number of methoxy groups -OCH3 is 2. The number of nitrogens with zero attached hydrogens (tertiary/aromatic N) is 1. The predicted octanol–water partition coefficient (Wildman–Crippen LogP) is 2.57. The largest absolute Gasteiger partial charge is 0.498 e. The van der Waals surface area contributed by atoms with Crippen LogP contribution in [0.4, 0.5) is 0 Å². The fourth-order valence-electron chi connectivity index (χ4n) is 5.10. The lowest BCUT2D eigenvalue weighted by molar-refractivity contribution is -0.129. The smallest absolute Gasteiger partial charge is 0.162 e. The van der Waals surface area contributed by atoms with Crippen LogP contribution in [0.2, 0.25) is 0 Å². The van der Waals surface area contributed by atoms with Crippen LogP contribution in [0.25, 0.3) is 0 Å². The van der Waals surface area contributed by atoms with Gasteiger partial charge in [-0.15, -0.1) is 0 Å². The highest BCUT2D eigenvalue weighted by Crippen LogP contribution is 2.51. The summed E-state index contributed by atoms with van der Waals surface area (Å²) >= 11 is 0. The van der Waals surface area contributed by atoms with E-state index in [1.54, 1.807) is 20.3 Å². The van der Waals surface area contributed by atoms with Crippen LogP contribution < -0.4 is 0 Å². The Kier molecular flexibility index (Phi) is 3.52. The molecule has 3 aliphatic carbocycles. The molecule has 0 bridgehead atoms. The highest BCUT2D eigenvalue weighted by molar-refractivity contribution is 5.98. The molecule has 4 heteroatoms. The van der Waals surface area contributed by atoms with Gasteiger partial charge in [-0.25, -0.2) is 0 Å². The van der Waals surface area contributed by atoms with Gasteiger partial charge in [0.05, 0.1) is 13.2 Å². The van der Waals surface area contributed by atoms with Crippen LogP contribution in [0.5, 0.6) is 0 Å². The van der Waals surface area contributed by atoms with E-state index in [1.807, 2.05) is 0 Å².